The first-order valence-electron chi connectivity index (χ1n) is 4.91. The normalized spacial score (nSPS) is 13.6. The Bertz CT molecular complexity index is 171. The maximum Gasteiger partial charge on any atom is 0.303 e. The molecule has 0 N–H and O–H groups in total. The number of ether oxygens (including phenoxy) is 1. The highest BCUT2D eigenvalue weighted by Crippen LogP contribution is 2.09. The van der Waals surface area contributed by atoms with Crippen LogP contribution in [0.5, 0.6) is 0 Å². The van der Waals surface area contributed by atoms with Gasteiger partial charge in [-0.05, 0) is 18.4 Å². The van der Waals surface area contributed by atoms with Crippen LogP contribution in [0.4, 0.5) is 0 Å². The zero-order valence-electron chi connectivity index (χ0n) is 9.04. The molecular formula is C11H20O2. The summed E-state index contributed by atoms with van der Waals surface area (Å²) in [5.74, 6) is 0.136. The Kier molecular flexibility index (Phi) is 6.29. The lowest BCUT2D eigenvalue weighted by atomic mass is 10.1. The van der Waals surface area contributed by atoms with E-state index in [1.54, 1.807) is 0 Å². The van der Waals surface area contributed by atoms with Crippen molar-refractivity contribution in [3.05, 3.63) is 12.2 Å². The summed E-state index contributed by atoms with van der Waals surface area (Å²) < 4.78 is 5.13. The zero-order valence-corrected chi connectivity index (χ0v) is 9.04. The van der Waals surface area contributed by atoms with E-state index in [2.05, 4.69) is 13.0 Å². The number of allylic oxidation sites excluding steroid dienone is 1. The van der Waals surface area contributed by atoms with Crippen molar-refractivity contribution in [3.8, 4) is 0 Å². The van der Waals surface area contributed by atoms with Crippen molar-refractivity contribution < 1.29 is 9.53 Å². The van der Waals surface area contributed by atoms with Gasteiger partial charge in [-0.15, -0.1) is 0 Å². The van der Waals surface area contributed by atoms with Crippen molar-refractivity contribution >= 4 is 5.97 Å². The molecule has 0 saturated heterocycles. The monoisotopic (exact) mass is 184 g/mol. The fourth-order valence-corrected chi connectivity index (χ4v) is 0.986. The summed E-state index contributed by atoms with van der Waals surface area (Å²) in [6, 6.07) is 0. The molecule has 0 amide bonds. The first-order valence-corrected chi connectivity index (χ1v) is 4.91. The van der Waals surface area contributed by atoms with Gasteiger partial charge in [-0.3, -0.25) is 4.79 Å². The zero-order chi connectivity index (χ0) is 10.3. The molecule has 0 aliphatic rings. The van der Waals surface area contributed by atoms with Crippen LogP contribution in [0.3, 0.4) is 0 Å². The Balaban J connectivity index is 4.01. The molecule has 0 radical (unpaired) electrons. The molecule has 1 atom stereocenters. The summed E-state index contributed by atoms with van der Waals surface area (Å²) in [4.78, 5) is 10.7. The molecule has 0 aromatic rings. The number of hydrogen-bond acceptors (Lipinski definition) is 2. The average molecular weight is 184 g/mol. The maximum atomic E-state index is 10.7. The highest BCUT2D eigenvalue weighted by molar-refractivity contribution is 5.66. The summed E-state index contributed by atoms with van der Waals surface area (Å²) in [6.07, 6.45) is 6.17. The van der Waals surface area contributed by atoms with Gasteiger partial charge in [0.15, 0.2) is 0 Å². The van der Waals surface area contributed by atoms with Crippen LogP contribution in [0, 0.1) is 5.92 Å². The molecule has 2 heteroatoms. The van der Waals surface area contributed by atoms with E-state index < -0.39 is 0 Å². The van der Waals surface area contributed by atoms with E-state index in [0.717, 1.165) is 12.8 Å². The summed E-state index contributed by atoms with van der Waals surface area (Å²) in [5, 5.41) is 0. The van der Waals surface area contributed by atoms with E-state index in [1.165, 1.54) is 6.92 Å². The Morgan fingerprint density at radius 3 is 2.46 bits per heavy atom. The molecule has 0 rings (SSSR count). The van der Waals surface area contributed by atoms with Gasteiger partial charge in [0.1, 0.15) is 6.10 Å². The minimum Gasteiger partial charge on any atom is -0.458 e. The lowest BCUT2D eigenvalue weighted by Crippen LogP contribution is -2.19. The van der Waals surface area contributed by atoms with Crippen molar-refractivity contribution in [2.24, 2.45) is 5.92 Å². The molecule has 0 fully saturated rings. The van der Waals surface area contributed by atoms with Crippen LogP contribution in [0.15, 0.2) is 12.2 Å². The summed E-state index contributed by atoms with van der Waals surface area (Å²) in [6.45, 7) is 7.66. The quantitative estimate of drug-likeness (QED) is 0.485. The van der Waals surface area contributed by atoms with Crippen molar-refractivity contribution in [3.63, 3.8) is 0 Å². The summed E-state index contributed by atoms with van der Waals surface area (Å²) in [7, 11) is 0. The third-order valence-corrected chi connectivity index (χ3v) is 1.74. The van der Waals surface area contributed by atoms with Crippen molar-refractivity contribution in [1.82, 2.24) is 0 Å². The van der Waals surface area contributed by atoms with Gasteiger partial charge in [-0.2, -0.15) is 0 Å². The van der Waals surface area contributed by atoms with Crippen LogP contribution in [-0.2, 0) is 9.53 Å². The first-order chi connectivity index (χ1) is 6.07. The number of carbonyl (C=O) groups is 1. The summed E-state index contributed by atoms with van der Waals surface area (Å²) in [5.41, 5.74) is 0. The molecular weight excluding hydrogens is 164 g/mol. The predicted octanol–water partition coefficient (Wildman–Crippen LogP) is 2.93. The molecule has 0 bridgehead atoms. The van der Waals surface area contributed by atoms with Gasteiger partial charge in [-0.1, -0.05) is 33.3 Å². The predicted molar refractivity (Wildman–Crippen MR) is 54.4 cm³/mol. The fraction of sp³-hybridized carbons (Fsp3) is 0.727. The second-order valence-electron chi connectivity index (χ2n) is 3.53. The molecule has 0 aromatic heterocycles. The number of hydrogen-bond donors (Lipinski definition) is 0. The van der Waals surface area contributed by atoms with Crippen LogP contribution >= 0.6 is 0 Å². The van der Waals surface area contributed by atoms with Crippen LogP contribution in [0.2, 0.25) is 0 Å². The van der Waals surface area contributed by atoms with Crippen molar-refractivity contribution in [2.45, 2.75) is 46.6 Å². The smallest absolute Gasteiger partial charge is 0.303 e. The molecule has 0 aliphatic carbocycles. The van der Waals surface area contributed by atoms with Gasteiger partial charge in [0.05, 0.1) is 0 Å². The number of esters is 1. The van der Waals surface area contributed by atoms with Gasteiger partial charge >= 0.3 is 5.97 Å². The number of carbonyl (C=O) groups excluding carboxylic acids is 1. The van der Waals surface area contributed by atoms with Gasteiger partial charge in [0.25, 0.3) is 0 Å². The van der Waals surface area contributed by atoms with Gasteiger partial charge in [0, 0.05) is 6.92 Å². The SMILES string of the molecule is CCC/C=C/[C@@H](OC(C)=O)C(C)C. The molecule has 0 aliphatic heterocycles. The fourth-order valence-electron chi connectivity index (χ4n) is 0.986. The Labute approximate surface area is 81.0 Å². The van der Waals surface area contributed by atoms with Crippen LogP contribution in [-0.4, -0.2) is 12.1 Å². The topological polar surface area (TPSA) is 26.3 Å². The van der Waals surface area contributed by atoms with Gasteiger partial charge in [0.2, 0.25) is 0 Å². The van der Waals surface area contributed by atoms with Crippen molar-refractivity contribution in [2.75, 3.05) is 0 Å². The molecule has 2 nitrogen and oxygen atoms in total. The van der Waals surface area contributed by atoms with E-state index in [0.29, 0.717) is 5.92 Å². The molecule has 0 heterocycles. The molecule has 0 unspecified atom stereocenters. The van der Waals surface area contributed by atoms with Crippen LogP contribution in [0.1, 0.15) is 40.5 Å². The van der Waals surface area contributed by atoms with E-state index >= 15 is 0 Å². The second-order valence-corrected chi connectivity index (χ2v) is 3.53. The molecule has 0 aromatic carbocycles. The maximum absolute atomic E-state index is 10.7. The van der Waals surface area contributed by atoms with Gasteiger partial charge in [-0.25, -0.2) is 0 Å². The first kappa shape index (κ1) is 12.2. The third kappa shape index (κ3) is 6.38. The van der Waals surface area contributed by atoms with E-state index in [-0.39, 0.29) is 12.1 Å². The Morgan fingerprint density at radius 1 is 1.46 bits per heavy atom. The second kappa shape index (κ2) is 6.70. The minimum absolute atomic E-state index is 0.0657. The molecule has 0 saturated carbocycles. The van der Waals surface area contributed by atoms with E-state index in [4.69, 9.17) is 4.74 Å². The number of unbranched alkanes of at least 4 members (excludes halogenated alkanes) is 1. The molecule has 76 valence electrons. The lowest BCUT2D eigenvalue weighted by Gasteiger charge is -2.16. The lowest BCUT2D eigenvalue weighted by molar-refractivity contribution is -0.145. The standard InChI is InChI=1S/C11H20O2/c1-5-6-7-8-11(9(2)3)13-10(4)12/h7-9,11H,5-6H2,1-4H3/b8-7+/t11-/m1/s1. The average Bonchev–Trinajstić information content (AvgIpc) is 2.02. The minimum atomic E-state index is -0.208. The number of rotatable bonds is 5. The van der Waals surface area contributed by atoms with E-state index in [9.17, 15) is 4.79 Å². The largest absolute Gasteiger partial charge is 0.458 e. The van der Waals surface area contributed by atoms with Crippen LogP contribution < -0.4 is 0 Å². The van der Waals surface area contributed by atoms with Gasteiger partial charge < -0.3 is 4.74 Å². The highest BCUT2D eigenvalue weighted by Gasteiger charge is 2.11. The van der Waals surface area contributed by atoms with Crippen molar-refractivity contribution in [1.29, 1.82) is 0 Å². The van der Waals surface area contributed by atoms with E-state index in [1.807, 2.05) is 19.9 Å². The Hall–Kier alpha value is -0.790. The Morgan fingerprint density at radius 2 is 2.08 bits per heavy atom. The summed E-state index contributed by atoms with van der Waals surface area (Å²) >= 11 is 0. The van der Waals surface area contributed by atoms with Crippen LogP contribution in [0.25, 0.3) is 0 Å². The molecule has 0 spiro atoms. The third-order valence-electron chi connectivity index (χ3n) is 1.74. The molecule has 13 heavy (non-hydrogen) atoms. The highest BCUT2D eigenvalue weighted by atomic mass is 16.5.